The number of carbonyl (C=O) groups excluding carboxylic acids is 1. The zero-order chi connectivity index (χ0) is 17.1. The Labute approximate surface area is 147 Å². The first kappa shape index (κ1) is 16.8. The van der Waals surface area contributed by atoms with Gasteiger partial charge in [0.05, 0.1) is 11.8 Å². The lowest BCUT2D eigenvalue weighted by Crippen LogP contribution is -2.33. The van der Waals surface area contributed by atoms with Crippen molar-refractivity contribution in [1.29, 1.82) is 0 Å². The van der Waals surface area contributed by atoms with Crippen molar-refractivity contribution in [2.45, 2.75) is 37.8 Å². The van der Waals surface area contributed by atoms with E-state index in [1.165, 1.54) is 34.6 Å². The zero-order valence-corrected chi connectivity index (χ0v) is 14.9. The van der Waals surface area contributed by atoms with Gasteiger partial charge in [-0.05, 0) is 61.2 Å². The van der Waals surface area contributed by atoms with Crippen LogP contribution in [0.2, 0.25) is 0 Å². The molecule has 1 aromatic heterocycles. The van der Waals surface area contributed by atoms with Crippen LogP contribution in [0.15, 0.2) is 47.6 Å². The summed E-state index contributed by atoms with van der Waals surface area (Å²) in [6, 6.07) is 11.9. The summed E-state index contributed by atoms with van der Waals surface area (Å²) in [4.78, 5) is 14.6. The SMILES string of the molecule is Cc1ccc([C@H]2CCCN2C(=O)CSc2cccc[n+]2[O-])cc1C. The van der Waals surface area contributed by atoms with Crippen molar-refractivity contribution in [3.05, 3.63) is 64.5 Å². The Bertz CT molecular complexity index is 748. The normalized spacial score (nSPS) is 17.2. The second-order valence-electron chi connectivity index (χ2n) is 6.24. The number of likely N-dealkylation sites (tertiary alicyclic amines) is 1. The molecule has 2 aromatic rings. The summed E-state index contributed by atoms with van der Waals surface area (Å²) >= 11 is 1.30. The maximum absolute atomic E-state index is 12.7. The first-order valence-corrected chi connectivity index (χ1v) is 9.22. The van der Waals surface area contributed by atoms with E-state index in [1.807, 2.05) is 11.0 Å². The Kier molecular flexibility index (Phi) is 5.09. The highest BCUT2D eigenvalue weighted by molar-refractivity contribution is 7.99. The summed E-state index contributed by atoms with van der Waals surface area (Å²) in [5, 5.41) is 12.2. The molecule has 1 aliphatic rings. The molecular weight excluding hydrogens is 320 g/mol. The van der Waals surface area contributed by atoms with Crippen LogP contribution in [0.5, 0.6) is 0 Å². The molecular formula is C19H22N2O2S. The predicted molar refractivity (Wildman–Crippen MR) is 95.7 cm³/mol. The largest absolute Gasteiger partial charge is 0.618 e. The number of aromatic nitrogens is 1. The van der Waals surface area contributed by atoms with E-state index >= 15 is 0 Å². The number of thioether (sulfide) groups is 1. The van der Waals surface area contributed by atoms with Crippen LogP contribution in [0.1, 0.15) is 35.6 Å². The molecule has 0 unspecified atom stereocenters. The standard InChI is InChI=1S/C19H22N2O2S/c1-14-8-9-16(12-15(14)2)17-6-5-10-20(17)18(22)13-24-19-7-3-4-11-21(19)23/h3-4,7-9,11-12,17H,5-6,10,13H2,1-2H3/t17-/m1/s1. The Balaban J connectivity index is 1.69. The van der Waals surface area contributed by atoms with Gasteiger partial charge in [0, 0.05) is 18.7 Å². The smallest absolute Gasteiger partial charge is 0.251 e. The molecule has 1 amide bonds. The molecule has 126 valence electrons. The Morgan fingerprint density at radius 3 is 2.88 bits per heavy atom. The van der Waals surface area contributed by atoms with Crippen LogP contribution >= 0.6 is 11.8 Å². The predicted octanol–water partition coefficient (Wildman–Crippen LogP) is 3.39. The minimum absolute atomic E-state index is 0.101. The van der Waals surface area contributed by atoms with E-state index < -0.39 is 0 Å². The maximum atomic E-state index is 12.7. The highest BCUT2D eigenvalue weighted by atomic mass is 32.2. The Morgan fingerprint density at radius 2 is 2.12 bits per heavy atom. The quantitative estimate of drug-likeness (QED) is 0.486. The van der Waals surface area contributed by atoms with Gasteiger partial charge in [-0.15, -0.1) is 0 Å². The lowest BCUT2D eigenvalue weighted by molar-refractivity contribution is -0.645. The number of pyridine rings is 1. The third-order valence-corrected chi connectivity index (χ3v) is 5.62. The van der Waals surface area contributed by atoms with Crippen LogP contribution in [-0.2, 0) is 4.79 Å². The molecule has 0 radical (unpaired) electrons. The number of hydrogen-bond acceptors (Lipinski definition) is 3. The third-order valence-electron chi connectivity index (χ3n) is 4.62. The second-order valence-corrected chi connectivity index (χ2v) is 7.24. The van der Waals surface area contributed by atoms with Gasteiger partial charge >= 0.3 is 0 Å². The number of hydrogen-bond donors (Lipinski definition) is 0. The number of amides is 1. The molecule has 0 N–H and O–H groups in total. The summed E-state index contributed by atoms with van der Waals surface area (Å²) in [5.41, 5.74) is 3.75. The van der Waals surface area contributed by atoms with Gasteiger partial charge in [0.1, 0.15) is 0 Å². The van der Waals surface area contributed by atoms with Crippen molar-refractivity contribution in [3.8, 4) is 0 Å². The lowest BCUT2D eigenvalue weighted by Gasteiger charge is -2.25. The average molecular weight is 342 g/mol. The van der Waals surface area contributed by atoms with Crippen LogP contribution in [0, 0.1) is 19.1 Å². The zero-order valence-electron chi connectivity index (χ0n) is 14.1. The fourth-order valence-corrected chi connectivity index (χ4v) is 3.93. The number of aryl methyl sites for hydroxylation is 2. The van der Waals surface area contributed by atoms with E-state index in [9.17, 15) is 10.0 Å². The summed E-state index contributed by atoms with van der Waals surface area (Å²) in [6.07, 6.45) is 3.49. The molecule has 1 aromatic carbocycles. The molecule has 0 spiro atoms. The van der Waals surface area contributed by atoms with Gasteiger partial charge in [-0.3, -0.25) is 4.79 Å². The van der Waals surface area contributed by atoms with Gasteiger partial charge in [-0.25, -0.2) is 0 Å². The fourth-order valence-electron chi connectivity index (χ4n) is 3.13. The van der Waals surface area contributed by atoms with Crippen molar-refractivity contribution in [2.75, 3.05) is 12.3 Å². The van der Waals surface area contributed by atoms with Gasteiger partial charge in [0.15, 0.2) is 6.20 Å². The average Bonchev–Trinajstić information content (AvgIpc) is 3.06. The fraction of sp³-hybridized carbons (Fsp3) is 0.368. The maximum Gasteiger partial charge on any atom is 0.251 e. The monoisotopic (exact) mass is 342 g/mol. The topological polar surface area (TPSA) is 47.2 Å². The number of rotatable bonds is 4. The molecule has 1 aliphatic heterocycles. The van der Waals surface area contributed by atoms with Gasteiger partial charge in [0.25, 0.3) is 5.03 Å². The van der Waals surface area contributed by atoms with Gasteiger partial charge < -0.3 is 10.1 Å². The summed E-state index contributed by atoms with van der Waals surface area (Å²) in [6.45, 7) is 5.01. The van der Waals surface area contributed by atoms with Crippen molar-refractivity contribution in [1.82, 2.24) is 4.90 Å². The highest BCUT2D eigenvalue weighted by Crippen LogP contribution is 2.33. The third kappa shape index (κ3) is 3.56. The van der Waals surface area contributed by atoms with E-state index in [2.05, 4.69) is 32.0 Å². The number of carbonyl (C=O) groups is 1. The first-order valence-electron chi connectivity index (χ1n) is 8.24. The van der Waals surface area contributed by atoms with Crippen molar-refractivity contribution < 1.29 is 9.52 Å². The minimum atomic E-state index is 0.101. The van der Waals surface area contributed by atoms with E-state index in [0.717, 1.165) is 24.1 Å². The molecule has 1 atom stereocenters. The number of benzene rings is 1. The summed E-state index contributed by atoms with van der Waals surface area (Å²) in [5.74, 6) is 0.401. The van der Waals surface area contributed by atoms with E-state index in [-0.39, 0.29) is 11.9 Å². The van der Waals surface area contributed by atoms with E-state index in [4.69, 9.17) is 0 Å². The molecule has 3 rings (SSSR count). The van der Waals surface area contributed by atoms with Gasteiger partial charge in [-0.1, -0.05) is 18.2 Å². The molecule has 5 heteroatoms. The lowest BCUT2D eigenvalue weighted by atomic mass is 9.99. The molecule has 1 saturated heterocycles. The molecule has 0 bridgehead atoms. The number of nitrogens with zero attached hydrogens (tertiary/aromatic N) is 2. The Hall–Kier alpha value is -2.01. The van der Waals surface area contributed by atoms with Crippen LogP contribution in [-0.4, -0.2) is 23.1 Å². The molecule has 0 aliphatic carbocycles. The molecule has 0 saturated carbocycles. The van der Waals surface area contributed by atoms with Crippen LogP contribution in [0.25, 0.3) is 0 Å². The summed E-state index contributed by atoms with van der Waals surface area (Å²) in [7, 11) is 0. The van der Waals surface area contributed by atoms with Crippen LogP contribution < -0.4 is 4.73 Å². The van der Waals surface area contributed by atoms with Crippen LogP contribution in [0.4, 0.5) is 0 Å². The van der Waals surface area contributed by atoms with Crippen molar-refractivity contribution in [3.63, 3.8) is 0 Å². The second kappa shape index (κ2) is 7.26. The molecule has 24 heavy (non-hydrogen) atoms. The van der Waals surface area contributed by atoms with E-state index in [1.54, 1.807) is 12.1 Å². The minimum Gasteiger partial charge on any atom is -0.618 e. The van der Waals surface area contributed by atoms with E-state index in [0.29, 0.717) is 10.8 Å². The van der Waals surface area contributed by atoms with Gasteiger partial charge in [0.2, 0.25) is 5.91 Å². The van der Waals surface area contributed by atoms with Gasteiger partial charge in [-0.2, -0.15) is 4.73 Å². The molecule has 4 nitrogen and oxygen atoms in total. The molecule has 2 heterocycles. The van der Waals surface area contributed by atoms with Crippen molar-refractivity contribution in [2.24, 2.45) is 0 Å². The molecule has 1 fully saturated rings. The summed E-state index contributed by atoms with van der Waals surface area (Å²) < 4.78 is 0.808. The Morgan fingerprint density at radius 1 is 1.29 bits per heavy atom. The first-order chi connectivity index (χ1) is 11.6. The van der Waals surface area contributed by atoms with Crippen molar-refractivity contribution >= 4 is 17.7 Å². The highest BCUT2D eigenvalue weighted by Gasteiger charge is 2.30. The van der Waals surface area contributed by atoms with Crippen LogP contribution in [0.3, 0.4) is 0 Å².